The highest BCUT2D eigenvalue weighted by Crippen LogP contribution is 2.38. The summed E-state index contributed by atoms with van der Waals surface area (Å²) in [5.74, 6) is -0.823. The average molecular weight is 604 g/mol. The van der Waals surface area contributed by atoms with Crippen molar-refractivity contribution >= 4 is 49.2 Å². The normalized spacial score (nSPS) is 19.4. The van der Waals surface area contributed by atoms with E-state index >= 15 is 0 Å². The molecule has 0 spiro atoms. The van der Waals surface area contributed by atoms with Gasteiger partial charge in [0.05, 0.1) is 6.26 Å². The van der Waals surface area contributed by atoms with Crippen LogP contribution in [0, 0.1) is 11.8 Å². The van der Waals surface area contributed by atoms with Gasteiger partial charge in [0.15, 0.2) is 0 Å². The molecule has 3 atom stereocenters. The Bertz CT molecular complexity index is 1340. The lowest BCUT2D eigenvalue weighted by Gasteiger charge is -2.35. The molecule has 2 aromatic rings. The predicted octanol–water partition coefficient (Wildman–Crippen LogP) is 4.25. The van der Waals surface area contributed by atoms with Crippen molar-refractivity contribution in [3.8, 4) is 11.3 Å². The maximum Gasteiger partial charge on any atom is 0.247 e. The van der Waals surface area contributed by atoms with Gasteiger partial charge in [-0.25, -0.2) is 17.7 Å². The Morgan fingerprint density at radius 1 is 1.10 bits per heavy atom. The SMILES string of the molecule is CC[C@@H](C)C(=O)N[C@H](C(=O)N1CCC[C@H]1C(=O)Nc1sc(N(C)S(C)(=O)=O)nc1-c1ccccc1)C1CCCCC1. The van der Waals surface area contributed by atoms with Crippen molar-refractivity contribution in [1.82, 2.24) is 15.2 Å². The molecule has 1 aromatic carbocycles. The smallest absolute Gasteiger partial charge is 0.247 e. The van der Waals surface area contributed by atoms with Crippen LogP contribution in [0.25, 0.3) is 11.3 Å². The molecule has 4 rings (SSSR count). The molecule has 1 saturated heterocycles. The number of nitrogens with zero attached hydrogens (tertiary/aromatic N) is 3. The molecule has 12 heteroatoms. The third-order valence-electron chi connectivity index (χ3n) is 8.25. The molecule has 224 valence electrons. The van der Waals surface area contributed by atoms with E-state index in [4.69, 9.17) is 0 Å². The lowest BCUT2D eigenvalue weighted by molar-refractivity contribution is -0.142. The number of hydrogen-bond donors (Lipinski definition) is 2. The molecule has 1 saturated carbocycles. The number of rotatable bonds is 10. The van der Waals surface area contributed by atoms with E-state index in [0.29, 0.717) is 36.5 Å². The number of carbonyl (C=O) groups is 3. The van der Waals surface area contributed by atoms with Gasteiger partial charge in [-0.1, -0.05) is 74.8 Å². The van der Waals surface area contributed by atoms with Crippen LogP contribution in [-0.4, -0.2) is 68.0 Å². The first kappa shape index (κ1) is 31.0. The highest BCUT2D eigenvalue weighted by atomic mass is 32.2. The first-order valence-electron chi connectivity index (χ1n) is 14.4. The van der Waals surface area contributed by atoms with Crippen LogP contribution in [0.1, 0.15) is 65.2 Å². The second-order valence-electron chi connectivity index (χ2n) is 11.1. The van der Waals surface area contributed by atoms with E-state index in [2.05, 4.69) is 15.6 Å². The van der Waals surface area contributed by atoms with Gasteiger partial charge in [0.2, 0.25) is 32.9 Å². The summed E-state index contributed by atoms with van der Waals surface area (Å²) in [5.41, 5.74) is 1.20. The van der Waals surface area contributed by atoms with Crippen molar-refractivity contribution in [2.45, 2.75) is 77.3 Å². The lowest BCUT2D eigenvalue weighted by atomic mass is 9.83. The van der Waals surface area contributed by atoms with E-state index in [0.717, 1.165) is 59.6 Å². The van der Waals surface area contributed by atoms with Crippen molar-refractivity contribution in [2.75, 3.05) is 29.5 Å². The zero-order valence-electron chi connectivity index (χ0n) is 24.3. The van der Waals surface area contributed by atoms with Crippen LogP contribution in [0.4, 0.5) is 10.1 Å². The van der Waals surface area contributed by atoms with Gasteiger partial charge >= 0.3 is 0 Å². The molecule has 3 amide bonds. The Hall–Kier alpha value is -2.99. The zero-order chi connectivity index (χ0) is 29.7. The van der Waals surface area contributed by atoms with Gasteiger partial charge in [0.25, 0.3) is 0 Å². The van der Waals surface area contributed by atoms with E-state index in [1.54, 1.807) is 4.90 Å². The van der Waals surface area contributed by atoms with Gasteiger partial charge in [-0.2, -0.15) is 0 Å². The molecule has 2 N–H and O–H groups in total. The number of anilines is 2. The highest BCUT2D eigenvalue weighted by Gasteiger charge is 2.41. The molecule has 0 radical (unpaired) electrons. The van der Waals surface area contributed by atoms with Gasteiger partial charge in [-0.15, -0.1) is 0 Å². The largest absolute Gasteiger partial charge is 0.344 e. The Labute approximate surface area is 247 Å². The number of benzene rings is 1. The summed E-state index contributed by atoms with van der Waals surface area (Å²) in [6.45, 7) is 4.25. The molecule has 0 bridgehead atoms. The summed E-state index contributed by atoms with van der Waals surface area (Å²) in [6, 6.07) is 7.89. The first-order chi connectivity index (χ1) is 19.5. The van der Waals surface area contributed by atoms with Crippen molar-refractivity contribution in [2.24, 2.45) is 11.8 Å². The molecule has 1 aromatic heterocycles. The van der Waals surface area contributed by atoms with E-state index in [9.17, 15) is 22.8 Å². The van der Waals surface area contributed by atoms with Gasteiger partial charge in [0.1, 0.15) is 22.8 Å². The fraction of sp³-hybridized carbons (Fsp3) is 0.586. The number of hydrogen-bond acceptors (Lipinski definition) is 7. The first-order valence-corrected chi connectivity index (χ1v) is 17.1. The number of nitrogens with one attached hydrogen (secondary N) is 2. The Morgan fingerprint density at radius 3 is 2.41 bits per heavy atom. The summed E-state index contributed by atoms with van der Waals surface area (Å²) < 4.78 is 25.5. The second kappa shape index (κ2) is 13.3. The van der Waals surface area contributed by atoms with Crippen LogP contribution in [0.3, 0.4) is 0 Å². The molecule has 1 aliphatic carbocycles. The monoisotopic (exact) mass is 603 g/mol. The van der Waals surface area contributed by atoms with Crippen LogP contribution in [0.5, 0.6) is 0 Å². The molecule has 2 heterocycles. The highest BCUT2D eigenvalue weighted by molar-refractivity contribution is 7.92. The number of aromatic nitrogens is 1. The maximum absolute atomic E-state index is 14.0. The molecular formula is C29H41N5O5S2. The standard InChI is InChI=1S/C29H41N5O5S2/c1-5-19(2)25(35)30-24(21-15-10-7-11-16-21)28(37)34-18-12-17-22(34)26(36)32-27-23(20-13-8-6-9-14-20)31-29(40-27)33(3)41(4,38)39/h6,8-9,13-14,19,21-22,24H,5,7,10-12,15-18H2,1-4H3,(H,30,35)(H,32,36)/t19-,22+,24+/m1/s1. The number of thiazole rings is 1. The Kier molecular flexibility index (Phi) is 10.1. The third-order valence-corrected chi connectivity index (χ3v) is 10.6. The summed E-state index contributed by atoms with van der Waals surface area (Å²) >= 11 is 1.07. The average Bonchev–Trinajstić information content (AvgIpc) is 3.63. The van der Waals surface area contributed by atoms with Crippen LogP contribution in [0.15, 0.2) is 30.3 Å². The van der Waals surface area contributed by atoms with Crippen LogP contribution in [-0.2, 0) is 24.4 Å². The molecule has 2 fully saturated rings. The topological polar surface area (TPSA) is 129 Å². The van der Waals surface area contributed by atoms with Crippen LogP contribution < -0.4 is 14.9 Å². The maximum atomic E-state index is 14.0. The van der Waals surface area contributed by atoms with E-state index in [1.165, 1.54) is 7.05 Å². The number of likely N-dealkylation sites (tertiary alicyclic amines) is 1. The van der Waals surface area contributed by atoms with Gasteiger partial charge < -0.3 is 15.5 Å². The second-order valence-corrected chi connectivity index (χ2v) is 14.1. The van der Waals surface area contributed by atoms with Crippen molar-refractivity contribution < 1.29 is 22.8 Å². The quantitative estimate of drug-likeness (QED) is 0.418. The third kappa shape index (κ3) is 7.27. The number of sulfonamides is 1. The van der Waals surface area contributed by atoms with Gasteiger partial charge in [-0.05, 0) is 38.0 Å². The number of amides is 3. The minimum Gasteiger partial charge on any atom is -0.344 e. The molecule has 0 unspecified atom stereocenters. The van der Waals surface area contributed by atoms with Crippen LogP contribution >= 0.6 is 11.3 Å². The molecule has 41 heavy (non-hydrogen) atoms. The Morgan fingerprint density at radius 2 is 1.78 bits per heavy atom. The molecule has 10 nitrogen and oxygen atoms in total. The number of carbonyl (C=O) groups excluding carboxylic acids is 3. The van der Waals surface area contributed by atoms with Crippen molar-refractivity contribution in [3.63, 3.8) is 0 Å². The van der Waals surface area contributed by atoms with Crippen molar-refractivity contribution in [3.05, 3.63) is 30.3 Å². The summed E-state index contributed by atoms with van der Waals surface area (Å²) in [6.07, 6.45) is 7.88. The lowest BCUT2D eigenvalue weighted by Crippen LogP contribution is -2.56. The van der Waals surface area contributed by atoms with E-state index in [-0.39, 0.29) is 34.7 Å². The molecular weight excluding hydrogens is 562 g/mol. The summed E-state index contributed by atoms with van der Waals surface area (Å²) in [7, 11) is -2.14. The fourth-order valence-corrected chi connectivity index (χ4v) is 7.17. The van der Waals surface area contributed by atoms with Gasteiger partial charge in [0, 0.05) is 25.1 Å². The summed E-state index contributed by atoms with van der Waals surface area (Å²) in [4.78, 5) is 46.8. The van der Waals surface area contributed by atoms with E-state index < -0.39 is 22.1 Å². The van der Waals surface area contributed by atoms with Crippen molar-refractivity contribution in [1.29, 1.82) is 0 Å². The predicted molar refractivity (Wildman–Crippen MR) is 162 cm³/mol. The van der Waals surface area contributed by atoms with E-state index in [1.807, 2.05) is 44.2 Å². The zero-order valence-corrected chi connectivity index (χ0v) is 25.9. The summed E-state index contributed by atoms with van der Waals surface area (Å²) in [5, 5.41) is 6.66. The molecule has 2 aliphatic rings. The molecule has 1 aliphatic heterocycles. The Balaban J connectivity index is 1.59. The van der Waals surface area contributed by atoms with Gasteiger partial charge in [-0.3, -0.25) is 14.4 Å². The minimum absolute atomic E-state index is 0.0498. The van der Waals surface area contributed by atoms with Crippen LogP contribution in [0.2, 0.25) is 0 Å². The minimum atomic E-state index is -3.56. The fourth-order valence-electron chi connectivity index (χ4n) is 5.47.